The van der Waals surface area contributed by atoms with Gasteiger partial charge >= 0.3 is 0 Å². The van der Waals surface area contributed by atoms with Gasteiger partial charge in [0.1, 0.15) is 0 Å². The van der Waals surface area contributed by atoms with E-state index in [1.807, 2.05) is 16.3 Å². The Morgan fingerprint density at radius 3 is 3.25 bits per heavy atom. The third kappa shape index (κ3) is 1.19. The van der Waals surface area contributed by atoms with Gasteiger partial charge in [-0.25, -0.2) is 0 Å². The molecule has 0 aliphatic carbocycles. The second kappa shape index (κ2) is 3.18. The van der Waals surface area contributed by atoms with Crippen molar-refractivity contribution >= 4 is 33.2 Å². The number of carbonyl (C=O) groups is 1. The zero-order valence-electron chi connectivity index (χ0n) is 6.42. The van der Waals surface area contributed by atoms with E-state index in [1.54, 1.807) is 11.3 Å². The zero-order valence-corrected chi connectivity index (χ0v) is 8.82. The second-order valence-corrected chi connectivity index (χ2v) is 4.13. The summed E-state index contributed by atoms with van der Waals surface area (Å²) in [6.07, 6.45) is 0.996. The molecule has 1 amide bonds. The van der Waals surface area contributed by atoms with Gasteiger partial charge < -0.3 is 4.90 Å². The minimum Gasteiger partial charge on any atom is -0.328 e. The van der Waals surface area contributed by atoms with Crippen molar-refractivity contribution in [3.8, 4) is 0 Å². The molecule has 2 rings (SSSR count). The second-order valence-electron chi connectivity index (χ2n) is 2.71. The number of rotatable bonds is 1. The number of nitrogens with zero attached hydrogens (tertiary/aromatic N) is 1. The molecular formula is C8H8BrNOS. The molecule has 64 valence electrons. The molecule has 0 N–H and O–H groups in total. The monoisotopic (exact) mass is 245 g/mol. The average Bonchev–Trinajstić information content (AvgIpc) is 2.53. The van der Waals surface area contributed by atoms with Crippen molar-refractivity contribution in [2.24, 2.45) is 0 Å². The quantitative estimate of drug-likeness (QED) is 0.549. The Labute approximate surface area is 83.3 Å². The number of amides is 1. The number of carbonyl (C=O) groups excluding carboxylic acids is 1. The number of alkyl halides is 1. The van der Waals surface area contributed by atoms with E-state index in [1.165, 1.54) is 5.56 Å². The maximum Gasteiger partial charge on any atom is 0.264 e. The van der Waals surface area contributed by atoms with Gasteiger partial charge in [0, 0.05) is 6.54 Å². The minimum absolute atomic E-state index is 0.170. The van der Waals surface area contributed by atoms with Crippen LogP contribution in [0.5, 0.6) is 0 Å². The van der Waals surface area contributed by atoms with Crippen molar-refractivity contribution in [3.05, 3.63) is 21.9 Å². The van der Waals surface area contributed by atoms with Crippen LogP contribution in [0.1, 0.15) is 15.2 Å². The molecule has 2 nitrogen and oxygen atoms in total. The summed E-state index contributed by atoms with van der Waals surface area (Å²) in [5, 5.41) is 1.99. The fourth-order valence-corrected chi connectivity index (χ4v) is 2.73. The topological polar surface area (TPSA) is 20.3 Å². The fraction of sp³-hybridized carbons (Fsp3) is 0.375. The van der Waals surface area contributed by atoms with E-state index in [0.29, 0.717) is 5.45 Å². The predicted octanol–water partition coefficient (Wildman–Crippen LogP) is 2.10. The van der Waals surface area contributed by atoms with Crippen LogP contribution in [0.4, 0.5) is 0 Å². The molecular weight excluding hydrogens is 238 g/mol. The number of hydrogen-bond acceptors (Lipinski definition) is 2. The smallest absolute Gasteiger partial charge is 0.264 e. The molecule has 2 heterocycles. The highest BCUT2D eigenvalue weighted by Gasteiger charge is 2.23. The van der Waals surface area contributed by atoms with Crippen molar-refractivity contribution < 1.29 is 4.79 Å². The predicted molar refractivity (Wildman–Crippen MR) is 52.9 cm³/mol. The average molecular weight is 246 g/mol. The summed E-state index contributed by atoms with van der Waals surface area (Å²) >= 11 is 4.84. The van der Waals surface area contributed by atoms with Gasteiger partial charge in [-0.15, -0.1) is 11.3 Å². The minimum atomic E-state index is 0.170. The number of fused-ring (bicyclic) bond motifs is 1. The zero-order chi connectivity index (χ0) is 8.55. The first-order valence-corrected chi connectivity index (χ1v) is 5.74. The molecule has 0 fully saturated rings. The van der Waals surface area contributed by atoms with E-state index in [4.69, 9.17) is 0 Å². The van der Waals surface area contributed by atoms with Gasteiger partial charge in [0.15, 0.2) is 0 Å². The van der Waals surface area contributed by atoms with Gasteiger partial charge in [0.05, 0.1) is 10.3 Å². The van der Waals surface area contributed by atoms with Gasteiger partial charge in [0.25, 0.3) is 5.91 Å². The molecule has 0 unspecified atom stereocenters. The van der Waals surface area contributed by atoms with Crippen LogP contribution < -0.4 is 0 Å². The lowest BCUT2D eigenvalue weighted by molar-refractivity contribution is 0.0779. The van der Waals surface area contributed by atoms with Crippen LogP contribution in [-0.2, 0) is 6.42 Å². The molecule has 0 saturated heterocycles. The van der Waals surface area contributed by atoms with E-state index in [-0.39, 0.29) is 5.91 Å². The molecule has 0 aromatic carbocycles. The first-order valence-electron chi connectivity index (χ1n) is 3.74. The first-order chi connectivity index (χ1) is 5.83. The van der Waals surface area contributed by atoms with E-state index in [0.717, 1.165) is 17.8 Å². The van der Waals surface area contributed by atoms with Crippen LogP contribution in [0.3, 0.4) is 0 Å². The molecule has 0 bridgehead atoms. The number of halogens is 1. The lowest BCUT2D eigenvalue weighted by Crippen LogP contribution is -2.35. The van der Waals surface area contributed by atoms with E-state index >= 15 is 0 Å². The van der Waals surface area contributed by atoms with Crippen molar-refractivity contribution in [3.63, 3.8) is 0 Å². The summed E-state index contributed by atoms with van der Waals surface area (Å²) in [4.78, 5) is 14.4. The maximum absolute atomic E-state index is 11.6. The molecule has 1 aliphatic rings. The van der Waals surface area contributed by atoms with Crippen LogP contribution in [0, 0.1) is 0 Å². The molecule has 1 aromatic rings. The SMILES string of the molecule is O=C1c2sccc2CCN1CBr. The largest absolute Gasteiger partial charge is 0.328 e. The Bertz CT molecular complexity index is 310. The van der Waals surface area contributed by atoms with Gasteiger partial charge in [-0.2, -0.15) is 0 Å². The van der Waals surface area contributed by atoms with Crippen LogP contribution in [0.2, 0.25) is 0 Å². The molecule has 0 atom stereocenters. The van der Waals surface area contributed by atoms with Gasteiger partial charge in [-0.3, -0.25) is 4.79 Å². The normalized spacial score (nSPS) is 16.4. The summed E-state index contributed by atoms with van der Waals surface area (Å²) in [5.41, 5.74) is 1.85. The van der Waals surface area contributed by atoms with E-state index in [9.17, 15) is 4.79 Å². The highest BCUT2D eigenvalue weighted by molar-refractivity contribution is 9.09. The fourth-order valence-electron chi connectivity index (χ4n) is 1.33. The molecule has 1 aliphatic heterocycles. The Kier molecular flexibility index (Phi) is 2.19. The van der Waals surface area contributed by atoms with E-state index < -0.39 is 0 Å². The summed E-state index contributed by atoms with van der Waals surface area (Å²) in [5.74, 6) is 0.170. The van der Waals surface area contributed by atoms with Gasteiger partial charge in [-0.05, 0) is 23.4 Å². The summed E-state index contributed by atoms with van der Waals surface area (Å²) < 4.78 is 0. The number of hydrogen-bond donors (Lipinski definition) is 0. The molecule has 4 heteroatoms. The summed E-state index contributed by atoms with van der Waals surface area (Å²) in [6.45, 7) is 0.841. The summed E-state index contributed by atoms with van der Waals surface area (Å²) in [7, 11) is 0. The molecule has 12 heavy (non-hydrogen) atoms. The third-order valence-corrected chi connectivity index (χ3v) is 3.57. The number of thiophene rings is 1. The van der Waals surface area contributed by atoms with E-state index in [2.05, 4.69) is 15.9 Å². The molecule has 0 spiro atoms. The van der Waals surface area contributed by atoms with Crippen LogP contribution in [0.15, 0.2) is 11.4 Å². The Morgan fingerprint density at radius 1 is 1.67 bits per heavy atom. The Balaban J connectivity index is 2.35. The third-order valence-electron chi connectivity index (χ3n) is 2.02. The molecule has 0 saturated carbocycles. The van der Waals surface area contributed by atoms with Crippen molar-refractivity contribution in [1.82, 2.24) is 4.90 Å². The van der Waals surface area contributed by atoms with Crippen LogP contribution in [-0.4, -0.2) is 22.8 Å². The van der Waals surface area contributed by atoms with Gasteiger partial charge in [-0.1, -0.05) is 15.9 Å². The standard InChI is InChI=1S/C8H8BrNOS/c9-5-10-3-1-6-2-4-12-7(6)8(10)11/h2,4H,1,3,5H2. The van der Waals surface area contributed by atoms with Crippen LogP contribution >= 0.6 is 27.3 Å². The maximum atomic E-state index is 11.6. The van der Waals surface area contributed by atoms with Crippen molar-refractivity contribution in [2.45, 2.75) is 6.42 Å². The molecule has 0 radical (unpaired) electrons. The Hall–Kier alpha value is -0.350. The Morgan fingerprint density at radius 2 is 2.50 bits per heavy atom. The highest BCUT2D eigenvalue weighted by Crippen LogP contribution is 2.24. The summed E-state index contributed by atoms with van der Waals surface area (Å²) in [6, 6.07) is 2.05. The van der Waals surface area contributed by atoms with Crippen molar-refractivity contribution in [2.75, 3.05) is 12.0 Å². The first kappa shape index (κ1) is 8.26. The van der Waals surface area contributed by atoms with Crippen molar-refractivity contribution in [1.29, 1.82) is 0 Å². The lowest BCUT2D eigenvalue weighted by Gasteiger charge is -2.24. The highest BCUT2D eigenvalue weighted by atomic mass is 79.9. The van der Waals surface area contributed by atoms with Crippen LogP contribution in [0.25, 0.3) is 0 Å². The van der Waals surface area contributed by atoms with Gasteiger partial charge in [0.2, 0.25) is 0 Å². The lowest BCUT2D eigenvalue weighted by atomic mass is 10.1. The molecule has 1 aromatic heterocycles.